The summed E-state index contributed by atoms with van der Waals surface area (Å²) >= 11 is 0. The Balaban J connectivity index is 1.54. The number of hydrogen-bond acceptors (Lipinski definition) is 7. The van der Waals surface area contributed by atoms with Crippen molar-refractivity contribution in [3.63, 3.8) is 0 Å². The number of carbonyl (C=O) groups is 2. The topological polar surface area (TPSA) is 114 Å². The summed E-state index contributed by atoms with van der Waals surface area (Å²) in [5.74, 6) is -8.40. The fraction of sp³-hybridized carbons (Fsp3) is 0.259. The third-order valence-corrected chi connectivity index (χ3v) is 7.47. The number of hydrogen-bond donors (Lipinski definition) is 3. The van der Waals surface area contributed by atoms with Crippen molar-refractivity contribution in [2.24, 2.45) is 0 Å². The quantitative estimate of drug-likeness (QED) is 0.201. The highest BCUT2D eigenvalue weighted by Gasteiger charge is 2.32. The summed E-state index contributed by atoms with van der Waals surface area (Å²) < 4.78 is 85.6. The van der Waals surface area contributed by atoms with Gasteiger partial charge in [-0.1, -0.05) is 30.3 Å². The Morgan fingerprint density at radius 1 is 0.925 bits per heavy atom. The Morgan fingerprint density at radius 2 is 1.57 bits per heavy atom. The van der Waals surface area contributed by atoms with Crippen LogP contribution in [0, 0.1) is 23.3 Å². The average molecular weight is 580 g/mol. The van der Waals surface area contributed by atoms with Gasteiger partial charge in [-0.3, -0.25) is 4.79 Å². The van der Waals surface area contributed by atoms with E-state index < -0.39 is 67.5 Å². The summed E-state index contributed by atoms with van der Waals surface area (Å²) in [5.41, 5.74) is -0.161. The van der Waals surface area contributed by atoms with E-state index in [0.717, 1.165) is 11.6 Å². The van der Waals surface area contributed by atoms with E-state index in [-0.39, 0.29) is 12.5 Å². The first-order chi connectivity index (χ1) is 19.0. The Labute approximate surface area is 227 Å². The average Bonchev–Trinajstić information content (AvgIpc) is 2.92. The predicted molar refractivity (Wildman–Crippen MR) is 137 cm³/mol. The van der Waals surface area contributed by atoms with E-state index in [1.807, 2.05) is 0 Å². The fourth-order valence-corrected chi connectivity index (χ4v) is 5.21. The SMILES string of the molecule is O=C(Nc1cc(F)c(F)c(F)c1)c1ccc(F)c(S(=O)(=O)OC(=O)[C@H](Cc2ccccc2)NC2CCNCC2)c1. The zero-order valence-corrected chi connectivity index (χ0v) is 21.7. The van der Waals surface area contributed by atoms with Crippen LogP contribution in [0.1, 0.15) is 28.8 Å². The molecule has 0 saturated carbocycles. The number of carbonyl (C=O) groups excluding carboxylic acids is 2. The van der Waals surface area contributed by atoms with Crippen LogP contribution in [-0.2, 0) is 25.5 Å². The van der Waals surface area contributed by atoms with Crippen molar-refractivity contribution in [1.82, 2.24) is 10.6 Å². The highest BCUT2D eigenvalue weighted by atomic mass is 32.2. The molecule has 1 heterocycles. The molecule has 0 unspecified atom stereocenters. The van der Waals surface area contributed by atoms with Crippen LogP contribution in [0.3, 0.4) is 0 Å². The summed E-state index contributed by atoms with van der Waals surface area (Å²) in [6.45, 7) is 1.42. The van der Waals surface area contributed by atoms with Gasteiger partial charge >= 0.3 is 16.1 Å². The molecule has 0 radical (unpaired) electrons. The second kappa shape index (κ2) is 12.6. The van der Waals surface area contributed by atoms with E-state index in [2.05, 4.69) is 16.0 Å². The van der Waals surface area contributed by atoms with E-state index in [4.69, 9.17) is 4.18 Å². The smallest absolute Gasteiger partial charge is 0.340 e. The third-order valence-electron chi connectivity index (χ3n) is 6.24. The van der Waals surface area contributed by atoms with Gasteiger partial charge < -0.3 is 20.1 Å². The zero-order chi connectivity index (χ0) is 28.9. The lowest BCUT2D eigenvalue weighted by atomic mass is 10.0. The van der Waals surface area contributed by atoms with Crippen molar-refractivity contribution in [1.29, 1.82) is 0 Å². The molecular weight excluding hydrogens is 554 g/mol. The molecule has 40 heavy (non-hydrogen) atoms. The summed E-state index contributed by atoms with van der Waals surface area (Å²) in [7, 11) is -5.04. The molecule has 0 bridgehead atoms. The van der Waals surface area contributed by atoms with Crippen LogP contribution >= 0.6 is 0 Å². The summed E-state index contributed by atoms with van der Waals surface area (Å²) in [5, 5.41) is 8.40. The van der Waals surface area contributed by atoms with Crippen molar-refractivity contribution in [2.45, 2.75) is 36.2 Å². The Kier molecular flexibility index (Phi) is 9.17. The van der Waals surface area contributed by atoms with Gasteiger partial charge in [-0.25, -0.2) is 22.4 Å². The molecule has 0 aromatic heterocycles. The minimum atomic E-state index is -5.04. The van der Waals surface area contributed by atoms with Crippen molar-refractivity contribution in [3.8, 4) is 0 Å². The standard InChI is InChI=1S/C27H25F4N3O5S/c28-20-7-6-17(26(35)34-19-14-21(29)25(31)22(30)15-19)13-24(20)40(37,38)39-27(36)23(12-16-4-2-1-3-5-16)33-18-8-10-32-11-9-18/h1-7,13-15,18,23,32-33H,8-12H2,(H,34,35)/t23-/m0/s1. The van der Waals surface area contributed by atoms with Gasteiger partial charge in [0.05, 0.1) is 0 Å². The largest absolute Gasteiger partial charge is 0.344 e. The normalized spacial score (nSPS) is 14.9. The number of piperidine rings is 1. The molecule has 1 amide bonds. The van der Waals surface area contributed by atoms with E-state index in [9.17, 15) is 35.6 Å². The minimum absolute atomic E-state index is 0.0879. The molecule has 3 aromatic rings. The lowest BCUT2D eigenvalue weighted by Gasteiger charge is -2.28. The van der Waals surface area contributed by atoms with Gasteiger partial charge in [0.25, 0.3) is 5.91 Å². The van der Waals surface area contributed by atoms with Crippen molar-refractivity contribution in [2.75, 3.05) is 18.4 Å². The first-order valence-electron chi connectivity index (χ1n) is 12.3. The first-order valence-corrected chi connectivity index (χ1v) is 13.7. The van der Waals surface area contributed by atoms with Crippen LogP contribution in [0.25, 0.3) is 0 Å². The Hall–Kier alpha value is -3.81. The van der Waals surface area contributed by atoms with Crippen LogP contribution < -0.4 is 16.0 Å². The van der Waals surface area contributed by atoms with Gasteiger partial charge in [-0.2, -0.15) is 8.42 Å². The molecule has 8 nitrogen and oxygen atoms in total. The number of anilines is 1. The molecule has 1 saturated heterocycles. The molecule has 0 aliphatic carbocycles. The van der Waals surface area contributed by atoms with Gasteiger partial charge in [0.2, 0.25) is 0 Å². The molecule has 3 N–H and O–H groups in total. The fourth-order valence-electron chi connectivity index (χ4n) is 4.21. The maximum atomic E-state index is 14.6. The van der Waals surface area contributed by atoms with Gasteiger partial charge in [0, 0.05) is 29.4 Å². The van der Waals surface area contributed by atoms with E-state index in [1.54, 1.807) is 30.3 Å². The van der Waals surface area contributed by atoms with E-state index >= 15 is 0 Å². The van der Waals surface area contributed by atoms with Gasteiger partial charge in [-0.15, -0.1) is 0 Å². The molecule has 1 atom stereocenters. The molecule has 3 aromatic carbocycles. The van der Waals surface area contributed by atoms with Gasteiger partial charge in [0.1, 0.15) is 16.8 Å². The Morgan fingerprint density at radius 3 is 2.23 bits per heavy atom. The number of nitrogens with one attached hydrogen (secondary N) is 3. The van der Waals surface area contributed by atoms with Crippen LogP contribution in [0.2, 0.25) is 0 Å². The second-order valence-corrected chi connectivity index (χ2v) is 10.7. The van der Waals surface area contributed by atoms with Gasteiger partial charge in [0.15, 0.2) is 17.5 Å². The second-order valence-electron chi connectivity index (χ2n) is 9.14. The van der Waals surface area contributed by atoms with Crippen molar-refractivity contribution < 1.29 is 39.8 Å². The number of amides is 1. The maximum absolute atomic E-state index is 14.6. The molecule has 4 rings (SSSR count). The molecule has 0 spiro atoms. The van der Waals surface area contributed by atoms with E-state index in [0.29, 0.717) is 50.2 Å². The number of benzene rings is 3. The predicted octanol–water partition coefficient (Wildman–Crippen LogP) is 3.68. The zero-order valence-electron chi connectivity index (χ0n) is 20.9. The Bertz CT molecular complexity index is 1480. The molecule has 1 aliphatic heterocycles. The lowest BCUT2D eigenvalue weighted by Crippen LogP contribution is -2.49. The molecular formula is C27H25F4N3O5S. The molecule has 1 aliphatic rings. The van der Waals surface area contributed by atoms with Crippen molar-refractivity contribution in [3.05, 3.63) is 95.1 Å². The highest BCUT2D eigenvalue weighted by Crippen LogP contribution is 2.22. The summed E-state index contributed by atoms with van der Waals surface area (Å²) in [6.07, 6.45) is 1.49. The van der Waals surface area contributed by atoms with Crippen LogP contribution in [0.4, 0.5) is 23.2 Å². The lowest BCUT2D eigenvalue weighted by molar-refractivity contribution is -0.136. The highest BCUT2D eigenvalue weighted by molar-refractivity contribution is 7.87. The molecule has 212 valence electrons. The first kappa shape index (κ1) is 29.2. The van der Waals surface area contributed by atoms with Crippen molar-refractivity contribution >= 4 is 27.7 Å². The maximum Gasteiger partial charge on any atom is 0.344 e. The van der Waals surface area contributed by atoms with Gasteiger partial charge in [-0.05, 0) is 56.1 Å². The summed E-state index contributed by atoms with van der Waals surface area (Å²) in [6, 6.07) is 10.9. The monoisotopic (exact) mass is 579 g/mol. The summed E-state index contributed by atoms with van der Waals surface area (Å²) in [4.78, 5) is 24.6. The minimum Gasteiger partial charge on any atom is -0.340 e. The number of rotatable bonds is 9. The van der Waals surface area contributed by atoms with Crippen LogP contribution in [0.15, 0.2) is 65.6 Å². The molecule has 1 fully saturated rings. The van der Waals surface area contributed by atoms with Crippen LogP contribution in [-0.4, -0.2) is 45.5 Å². The van der Waals surface area contributed by atoms with E-state index in [1.165, 1.54) is 0 Å². The third kappa shape index (κ3) is 7.23. The van der Waals surface area contributed by atoms with Crippen LogP contribution in [0.5, 0.6) is 0 Å². The number of halogens is 4. The molecule has 13 heteroatoms.